The maximum Gasteiger partial charge on any atom is 0.270 e. The minimum Gasteiger partial charge on any atom is -0.463 e. The Hall–Kier alpha value is -3.31. The molecule has 7 nitrogen and oxygen atoms in total. The molecule has 0 aliphatic heterocycles. The second-order valence-corrected chi connectivity index (χ2v) is 6.20. The highest BCUT2D eigenvalue weighted by Crippen LogP contribution is 2.22. The standard InChI is InChI=1S/C18H14N4O3S/c19-9-13-16(14-7-4-8-25-14)21-18(22-17(13)24)26-11-15(23)20-10-12-5-2-1-3-6-12/h1-8H,10-11H2,(H,20,23)(H,21,22,24). The third-order valence-corrected chi connectivity index (χ3v) is 4.31. The van der Waals surface area contributed by atoms with Crippen LogP contribution in [0.2, 0.25) is 0 Å². The average Bonchev–Trinajstić information content (AvgIpc) is 3.19. The number of amides is 1. The van der Waals surface area contributed by atoms with Crippen LogP contribution < -0.4 is 10.9 Å². The number of H-pyrrole nitrogens is 1. The lowest BCUT2D eigenvalue weighted by Gasteiger charge is -2.06. The highest BCUT2D eigenvalue weighted by Gasteiger charge is 2.16. The van der Waals surface area contributed by atoms with Crippen molar-refractivity contribution in [3.8, 4) is 17.5 Å². The molecule has 0 fully saturated rings. The predicted molar refractivity (Wildman–Crippen MR) is 96.3 cm³/mol. The van der Waals surface area contributed by atoms with E-state index in [1.54, 1.807) is 12.1 Å². The molecule has 0 aliphatic rings. The number of benzene rings is 1. The smallest absolute Gasteiger partial charge is 0.270 e. The molecule has 0 unspecified atom stereocenters. The van der Waals surface area contributed by atoms with E-state index in [1.165, 1.54) is 6.26 Å². The van der Waals surface area contributed by atoms with Crippen molar-refractivity contribution >= 4 is 17.7 Å². The van der Waals surface area contributed by atoms with Crippen LogP contribution in [-0.2, 0) is 11.3 Å². The van der Waals surface area contributed by atoms with E-state index >= 15 is 0 Å². The summed E-state index contributed by atoms with van der Waals surface area (Å²) in [4.78, 5) is 30.8. The van der Waals surface area contributed by atoms with Gasteiger partial charge in [0.05, 0.1) is 12.0 Å². The van der Waals surface area contributed by atoms with E-state index in [0.717, 1.165) is 17.3 Å². The van der Waals surface area contributed by atoms with Crippen molar-refractivity contribution in [3.63, 3.8) is 0 Å². The Kier molecular flexibility index (Phi) is 5.51. The number of carbonyl (C=O) groups is 1. The Labute approximate surface area is 153 Å². The fourth-order valence-electron chi connectivity index (χ4n) is 2.20. The molecule has 3 aromatic rings. The first-order valence-electron chi connectivity index (χ1n) is 7.69. The van der Waals surface area contributed by atoms with Crippen LogP contribution in [0.1, 0.15) is 11.1 Å². The molecule has 26 heavy (non-hydrogen) atoms. The van der Waals surface area contributed by atoms with Crippen molar-refractivity contribution < 1.29 is 9.21 Å². The van der Waals surface area contributed by atoms with Gasteiger partial charge in [-0.25, -0.2) is 4.98 Å². The van der Waals surface area contributed by atoms with Crippen molar-refractivity contribution in [2.75, 3.05) is 5.75 Å². The summed E-state index contributed by atoms with van der Waals surface area (Å²) < 4.78 is 5.23. The number of rotatable bonds is 6. The lowest BCUT2D eigenvalue weighted by molar-refractivity contribution is -0.118. The van der Waals surface area contributed by atoms with E-state index in [0.29, 0.717) is 12.3 Å². The molecule has 0 atom stereocenters. The van der Waals surface area contributed by atoms with Gasteiger partial charge in [0.2, 0.25) is 5.91 Å². The van der Waals surface area contributed by atoms with Crippen molar-refractivity contribution in [3.05, 3.63) is 70.2 Å². The van der Waals surface area contributed by atoms with Gasteiger partial charge in [-0.15, -0.1) is 0 Å². The quantitative estimate of drug-likeness (QED) is 0.511. The van der Waals surface area contributed by atoms with Crippen molar-refractivity contribution in [2.24, 2.45) is 0 Å². The summed E-state index contributed by atoms with van der Waals surface area (Å²) in [5, 5.41) is 12.2. The molecule has 0 spiro atoms. The first-order chi connectivity index (χ1) is 12.7. The second kappa shape index (κ2) is 8.18. The monoisotopic (exact) mass is 366 g/mol. The van der Waals surface area contributed by atoms with Gasteiger partial charge in [0, 0.05) is 6.54 Å². The maximum absolute atomic E-state index is 12.1. The molecule has 2 heterocycles. The van der Waals surface area contributed by atoms with Crippen LogP contribution >= 0.6 is 11.8 Å². The maximum atomic E-state index is 12.1. The number of furan rings is 1. The highest BCUT2D eigenvalue weighted by atomic mass is 32.2. The van der Waals surface area contributed by atoms with Crippen molar-refractivity contribution in [1.82, 2.24) is 15.3 Å². The Balaban J connectivity index is 1.67. The van der Waals surface area contributed by atoms with Gasteiger partial charge in [0.1, 0.15) is 17.3 Å². The number of aromatic nitrogens is 2. The number of nitrogens with one attached hydrogen (secondary N) is 2. The molecule has 0 saturated heterocycles. The normalized spacial score (nSPS) is 10.3. The first-order valence-corrected chi connectivity index (χ1v) is 8.67. The number of hydrogen-bond acceptors (Lipinski definition) is 6. The fraction of sp³-hybridized carbons (Fsp3) is 0.111. The van der Waals surface area contributed by atoms with E-state index in [9.17, 15) is 9.59 Å². The van der Waals surface area contributed by atoms with E-state index in [1.807, 2.05) is 36.4 Å². The van der Waals surface area contributed by atoms with Gasteiger partial charge in [-0.05, 0) is 17.7 Å². The number of nitriles is 1. The van der Waals surface area contributed by atoms with Gasteiger partial charge in [-0.1, -0.05) is 42.1 Å². The van der Waals surface area contributed by atoms with Crippen LogP contribution in [0.5, 0.6) is 0 Å². The molecule has 0 aliphatic carbocycles. The molecule has 3 rings (SSSR count). The highest BCUT2D eigenvalue weighted by molar-refractivity contribution is 7.99. The molecule has 130 valence electrons. The number of thioether (sulfide) groups is 1. The van der Waals surface area contributed by atoms with Gasteiger partial charge in [-0.2, -0.15) is 5.26 Å². The van der Waals surface area contributed by atoms with E-state index in [4.69, 9.17) is 9.68 Å². The van der Waals surface area contributed by atoms with Gasteiger partial charge in [0.25, 0.3) is 5.56 Å². The van der Waals surface area contributed by atoms with Crippen LogP contribution in [0.25, 0.3) is 11.5 Å². The lowest BCUT2D eigenvalue weighted by atomic mass is 10.2. The summed E-state index contributed by atoms with van der Waals surface area (Å²) in [5.41, 5.74) is 0.461. The third kappa shape index (κ3) is 4.20. The van der Waals surface area contributed by atoms with Crippen LogP contribution in [-0.4, -0.2) is 21.6 Å². The average molecular weight is 366 g/mol. The number of carbonyl (C=O) groups excluding carboxylic acids is 1. The molecule has 0 saturated carbocycles. The minimum atomic E-state index is -0.568. The summed E-state index contributed by atoms with van der Waals surface area (Å²) in [5.74, 6) is 0.215. The summed E-state index contributed by atoms with van der Waals surface area (Å²) in [6, 6.07) is 14.6. The zero-order valence-electron chi connectivity index (χ0n) is 13.6. The predicted octanol–water partition coefficient (Wildman–Crippen LogP) is 2.31. The Morgan fingerprint density at radius 2 is 2.08 bits per heavy atom. The summed E-state index contributed by atoms with van der Waals surface area (Å²) in [7, 11) is 0. The summed E-state index contributed by atoms with van der Waals surface area (Å²) in [6.07, 6.45) is 1.43. The van der Waals surface area contributed by atoms with Crippen LogP contribution in [0.15, 0.2) is 63.1 Å². The molecule has 1 aromatic carbocycles. The number of aromatic amines is 1. The van der Waals surface area contributed by atoms with Crippen molar-refractivity contribution in [2.45, 2.75) is 11.7 Å². The largest absolute Gasteiger partial charge is 0.463 e. The number of nitrogens with zero attached hydrogens (tertiary/aromatic N) is 2. The molecule has 2 N–H and O–H groups in total. The van der Waals surface area contributed by atoms with Gasteiger partial charge >= 0.3 is 0 Å². The zero-order chi connectivity index (χ0) is 18.4. The third-order valence-electron chi connectivity index (χ3n) is 3.44. The van der Waals surface area contributed by atoms with Crippen LogP contribution in [0, 0.1) is 11.3 Å². The Morgan fingerprint density at radius 1 is 1.27 bits per heavy atom. The number of hydrogen-bond donors (Lipinski definition) is 2. The Morgan fingerprint density at radius 3 is 2.77 bits per heavy atom. The van der Waals surface area contributed by atoms with Gasteiger partial charge in [-0.3, -0.25) is 9.59 Å². The molecular weight excluding hydrogens is 352 g/mol. The molecule has 2 aromatic heterocycles. The van der Waals surface area contributed by atoms with E-state index in [-0.39, 0.29) is 28.1 Å². The molecule has 8 heteroatoms. The molecular formula is C18H14N4O3S. The summed E-state index contributed by atoms with van der Waals surface area (Å²) in [6.45, 7) is 0.426. The second-order valence-electron chi connectivity index (χ2n) is 5.23. The fourth-order valence-corrected chi connectivity index (χ4v) is 2.89. The Bertz CT molecular complexity index is 992. The van der Waals surface area contributed by atoms with E-state index < -0.39 is 5.56 Å². The SMILES string of the molecule is N#Cc1c(-c2ccco2)nc(SCC(=O)NCc2ccccc2)[nH]c1=O. The summed E-state index contributed by atoms with van der Waals surface area (Å²) >= 11 is 1.08. The van der Waals surface area contributed by atoms with Gasteiger partial charge in [0.15, 0.2) is 10.9 Å². The first kappa shape index (κ1) is 17.5. The molecule has 1 amide bonds. The minimum absolute atomic E-state index is 0.0826. The van der Waals surface area contributed by atoms with Crippen LogP contribution in [0.3, 0.4) is 0 Å². The van der Waals surface area contributed by atoms with Gasteiger partial charge < -0.3 is 14.7 Å². The van der Waals surface area contributed by atoms with Crippen molar-refractivity contribution in [1.29, 1.82) is 5.26 Å². The van der Waals surface area contributed by atoms with E-state index in [2.05, 4.69) is 15.3 Å². The molecule has 0 bridgehead atoms. The van der Waals surface area contributed by atoms with Crippen LogP contribution in [0.4, 0.5) is 0 Å². The molecule has 0 radical (unpaired) electrons. The topological polar surface area (TPSA) is 112 Å². The zero-order valence-corrected chi connectivity index (χ0v) is 14.4. The lowest BCUT2D eigenvalue weighted by Crippen LogP contribution is -2.25.